The van der Waals surface area contributed by atoms with Crippen LogP contribution in [0.15, 0.2) is 35.3 Å². The molecule has 1 heterocycles. The Hall–Kier alpha value is -1.63. The normalized spacial score (nSPS) is 18.6. The van der Waals surface area contributed by atoms with E-state index in [1.807, 2.05) is 6.07 Å². The van der Waals surface area contributed by atoms with Crippen LogP contribution in [0.4, 0.5) is 0 Å². The van der Waals surface area contributed by atoms with Crippen LogP contribution in [0.1, 0.15) is 38.9 Å². The van der Waals surface area contributed by atoms with Gasteiger partial charge in [-0.1, -0.05) is 30.3 Å². The Morgan fingerprint density at radius 1 is 1.11 bits per heavy atom. The fourth-order valence-electron chi connectivity index (χ4n) is 3.30. The number of benzene rings is 1. The number of rotatable bonds is 10. The molecule has 2 unspecified atom stereocenters. The van der Waals surface area contributed by atoms with Crippen molar-refractivity contribution in [2.45, 2.75) is 39.3 Å². The number of hydrogen-bond acceptors (Lipinski definition) is 4. The molecule has 6 heteroatoms. The van der Waals surface area contributed by atoms with Crippen LogP contribution < -0.4 is 10.6 Å². The maximum absolute atomic E-state index is 5.95. The van der Waals surface area contributed by atoms with Crippen LogP contribution in [0.2, 0.25) is 0 Å². The van der Waals surface area contributed by atoms with Gasteiger partial charge in [0.2, 0.25) is 0 Å². The van der Waals surface area contributed by atoms with Gasteiger partial charge in [-0.2, -0.15) is 0 Å². The lowest BCUT2D eigenvalue weighted by atomic mass is 10.1. The minimum Gasteiger partial charge on any atom is -0.374 e. The fourth-order valence-corrected chi connectivity index (χ4v) is 3.30. The van der Waals surface area contributed by atoms with Gasteiger partial charge in [-0.15, -0.1) is 0 Å². The third kappa shape index (κ3) is 8.17. The van der Waals surface area contributed by atoms with Gasteiger partial charge in [0.05, 0.1) is 12.6 Å². The highest BCUT2D eigenvalue weighted by atomic mass is 16.5. The number of guanidine groups is 1. The van der Waals surface area contributed by atoms with Gasteiger partial charge in [-0.3, -0.25) is 9.89 Å². The van der Waals surface area contributed by atoms with E-state index in [1.165, 1.54) is 5.56 Å². The highest BCUT2D eigenvalue weighted by Crippen LogP contribution is 2.15. The van der Waals surface area contributed by atoms with E-state index in [-0.39, 0.29) is 6.10 Å². The molecule has 1 aromatic rings. The smallest absolute Gasteiger partial charge is 0.191 e. The lowest BCUT2D eigenvalue weighted by Gasteiger charge is -2.35. The summed E-state index contributed by atoms with van der Waals surface area (Å²) in [6.45, 7) is 14.3. The maximum Gasteiger partial charge on any atom is 0.191 e. The molecule has 6 nitrogen and oxygen atoms in total. The van der Waals surface area contributed by atoms with Crippen LogP contribution in [0, 0.1) is 0 Å². The summed E-state index contributed by atoms with van der Waals surface area (Å²) in [5.74, 6) is 0.902. The van der Waals surface area contributed by atoms with Gasteiger partial charge in [0.1, 0.15) is 0 Å². The SMILES string of the molecule is CCNC(=NCC(C)N1CCN(C)CC1)NCCCOC(C)c1ccccc1. The maximum atomic E-state index is 5.95. The summed E-state index contributed by atoms with van der Waals surface area (Å²) in [6.07, 6.45) is 1.09. The Bertz CT molecular complexity index is 557. The molecule has 0 aliphatic carbocycles. The van der Waals surface area contributed by atoms with Crippen molar-refractivity contribution in [3.8, 4) is 0 Å². The molecule has 0 spiro atoms. The second kappa shape index (κ2) is 12.8. The summed E-state index contributed by atoms with van der Waals surface area (Å²) in [6, 6.07) is 10.8. The first-order valence-corrected chi connectivity index (χ1v) is 10.7. The Kier molecular flexibility index (Phi) is 10.3. The van der Waals surface area contributed by atoms with E-state index in [0.29, 0.717) is 6.04 Å². The van der Waals surface area contributed by atoms with Crippen LogP contribution in [0.5, 0.6) is 0 Å². The van der Waals surface area contributed by atoms with Crippen molar-refractivity contribution >= 4 is 5.96 Å². The molecule has 1 saturated heterocycles. The molecule has 1 aliphatic rings. The van der Waals surface area contributed by atoms with Crippen LogP contribution in [-0.2, 0) is 4.74 Å². The molecule has 2 N–H and O–H groups in total. The van der Waals surface area contributed by atoms with Crippen molar-refractivity contribution in [2.24, 2.45) is 4.99 Å². The molecule has 158 valence electrons. The Morgan fingerprint density at radius 3 is 2.50 bits per heavy atom. The number of nitrogens with one attached hydrogen (secondary N) is 2. The van der Waals surface area contributed by atoms with Crippen molar-refractivity contribution in [1.82, 2.24) is 20.4 Å². The Labute approximate surface area is 171 Å². The van der Waals surface area contributed by atoms with Crippen molar-refractivity contribution in [3.05, 3.63) is 35.9 Å². The fraction of sp³-hybridized carbons (Fsp3) is 0.682. The lowest BCUT2D eigenvalue weighted by Crippen LogP contribution is -2.49. The molecule has 1 fully saturated rings. The van der Waals surface area contributed by atoms with E-state index in [4.69, 9.17) is 9.73 Å². The largest absolute Gasteiger partial charge is 0.374 e. The van der Waals surface area contributed by atoms with E-state index < -0.39 is 0 Å². The third-order valence-corrected chi connectivity index (χ3v) is 5.27. The quantitative estimate of drug-likeness (QED) is 0.365. The zero-order chi connectivity index (χ0) is 20.2. The van der Waals surface area contributed by atoms with Gasteiger partial charge in [-0.25, -0.2) is 0 Å². The number of ether oxygens (including phenoxy) is 1. The second-order valence-electron chi connectivity index (χ2n) is 7.61. The van der Waals surface area contributed by atoms with Crippen LogP contribution in [0.3, 0.4) is 0 Å². The number of likely N-dealkylation sites (N-methyl/N-ethyl adjacent to an activating group) is 1. The zero-order valence-corrected chi connectivity index (χ0v) is 18.2. The van der Waals surface area contributed by atoms with Gasteiger partial charge in [-0.05, 0) is 39.8 Å². The van der Waals surface area contributed by atoms with E-state index in [9.17, 15) is 0 Å². The van der Waals surface area contributed by atoms with E-state index >= 15 is 0 Å². The summed E-state index contributed by atoms with van der Waals surface area (Å²) < 4.78 is 5.95. The average Bonchev–Trinajstić information content (AvgIpc) is 2.72. The van der Waals surface area contributed by atoms with Crippen molar-refractivity contribution in [3.63, 3.8) is 0 Å². The molecule has 1 aliphatic heterocycles. The predicted octanol–water partition coefficient (Wildman–Crippen LogP) is 2.35. The summed E-state index contributed by atoms with van der Waals surface area (Å²) in [5, 5.41) is 6.78. The molecule has 2 atom stereocenters. The molecule has 0 aromatic heterocycles. The van der Waals surface area contributed by atoms with Crippen LogP contribution in [0.25, 0.3) is 0 Å². The van der Waals surface area contributed by atoms with Crippen LogP contribution in [-0.4, -0.2) is 81.3 Å². The highest BCUT2D eigenvalue weighted by Gasteiger charge is 2.18. The van der Waals surface area contributed by atoms with Crippen molar-refractivity contribution in [2.75, 3.05) is 59.5 Å². The number of aliphatic imine (C=N–C) groups is 1. The molecule has 2 rings (SSSR count). The Balaban J connectivity index is 1.66. The van der Waals surface area contributed by atoms with Crippen LogP contribution >= 0.6 is 0 Å². The number of nitrogens with zero attached hydrogens (tertiary/aromatic N) is 3. The van der Waals surface area contributed by atoms with Gasteiger partial charge < -0.3 is 20.3 Å². The van der Waals surface area contributed by atoms with E-state index in [1.54, 1.807) is 0 Å². The van der Waals surface area contributed by atoms with Crippen molar-refractivity contribution in [1.29, 1.82) is 0 Å². The van der Waals surface area contributed by atoms with Gasteiger partial charge in [0, 0.05) is 51.9 Å². The Morgan fingerprint density at radius 2 is 1.82 bits per heavy atom. The van der Waals surface area contributed by atoms with Gasteiger partial charge >= 0.3 is 0 Å². The minimum atomic E-state index is 0.132. The standard InChI is InChI=1S/C22H39N5O/c1-5-23-22(25-18-19(2)27-15-13-26(4)14-16-27)24-12-9-17-28-20(3)21-10-7-6-8-11-21/h6-8,10-11,19-20H,5,9,12-18H2,1-4H3,(H2,23,24,25). The predicted molar refractivity (Wildman–Crippen MR) is 118 cm³/mol. The molecule has 0 saturated carbocycles. The number of hydrogen-bond donors (Lipinski definition) is 2. The summed E-state index contributed by atoms with van der Waals surface area (Å²) in [4.78, 5) is 9.71. The molecule has 0 bridgehead atoms. The van der Waals surface area contributed by atoms with Gasteiger partial charge in [0.25, 0.3) is 0 Å². The van der Waals surface area contributed by atoms with E-state index in [2.05, 4.69) is 72.5 Å². The first-order chi connectivity index (χ1) is 13.6. The minimum absolute atomic E-state index is 0.132. The first kappa shape index (κ1) is 22.7. The summed E-state index contributed by atoms with van der Waals surface area (Å²) >= 11 is 0. The average molecular weight is 390 g/mol. The summed E-state index contributed by atoms with van der Waals surface area (Å²) in [5.41, 5.74) is 1.23. The first-order valence-electron chi connectivity index (χ1n) is 10.7. The highest BCUT2D eigenvalue weighted by molar-refractivity contribution is 5.79. The second-order valence-corrected chi connectivity index (χ2v) is 7.61. The van der Waals surface area contributed by atoms with Crippen molar-refractivity contribution < 1.29 is 4.74 Å². The summed E-state index contributed by atoms with van der Waals surface area (Å²) in [7, 11) is 2.19. The zero-order valence-electron chi connectivity index (χ0n) is 18.2. The molecular weight excluding hydrogens is 350 g/mol. The molecule has 28 heavy (non-hydrogen) atoms. The molecule has 0 radical (unpaired) electrons. The molecule has 1 aromatic carbocycles. The van der Waals surface area contributed by atoms with E-state index in [0.717, 1.165) is 64.8 Å². The molecular formula is C22H39N5O. The monoisotopic (exact) mass is 389 g/mol. The third-order valence-electron chi connectivity index (χ3n) is 5.27. The molecule has 0 amide bonds. The number of piperazine rings is 1. The lowest BCUT2D eigenvalue weighted by molar-refractivity contribution is 0.0646. The van der Waals surface area contributed by atoms with Gasteiger partial charge in [0.15, 0.2) is 5.96 Å². The topological polar surface area (TPSA) is 52.1 Å².